The molecule has 3 nitrogen and oxygen atoms in total. The lowest BCUT2D eigenvalue weighted by atomic mass is 9.62. The number of esters is 1. The van der Waals surface area contributed by atoms with Crippen molar-refractivity contribution in [3.63, 3.8) is 0 Å². The number of carbonyl (C=O) groups is 1. The van der Waals surface area contributed by atoms with Crippen molar-refractivity contribution in [2.75, 3.05) is 6.61 Å². The van der Waals surface area contributed by atoms with Crippen LogP contribution in [0.4, 0.5) is 0 Å². The van der Waals surface area contributed by atoms with E-state index in [-0.39, 0.29) is 18.2 Å². The quantitative estimate of drug-likeness (QED) is 0.310. The second kappa shape index (κ2) is 11.1. The van der Waals surface area contributed by atoms with Crippen LogP contribution in [0.15, 0.2) is 24.0 Å². The minimum absolute atomic E-state index is 0.00926. The highest BCUT2D eigenvalue weighted by atomic mass is 16.6. The van der Waals surface area contributed by atoms with Crippen molar-refractivity contribution in [2.24, 2.45) is 22.7 Å². The molecule has 2 aliphatic carbocycles. The molecule has 0 spiro atoms. The molecule has 178 valence electrons. The van der Waals surface area contributed by atoms with Crippen molar-refractivity contribution < 1.29 is 14.3 Å². The Morgan fingerprint density at radius 2 is 1.77 bits per heavy atom. The normalized spacial score (nSPS) is 22.5. The second-order valence-electron chi connectivity index (χ2n) is 11.4. The smallest absolute Gasteiger partial charge is 0.344 e. The van der Waals surface area contributed by atoms with Crippen LogP contribution in [0.25, 0.3) is 0 Å². The molecular formula is C28H48O3. The van der Waals surface area contributed by atoms with Gasteiger partial charge in [0, 0.05) is 0 Å². The largest absolute Gasteiger partial charge is 0.482 e. The van der Waals surface area contributed by atoms with E-state index in [0.717, 1.165) is 44.3 Å². The average molecular weight is 433 g/mol. The maximum atomic E-state index is 12.5. The lowest BCUT2D eigenvalue weighted by Gasteiger charge is -2.43. The number of rotatable bonds is 11. The van der Waals surface area contributed by atoms with Gasteiger partial charge in [-0.25, -0.2) is 4.79 Å². The first-order valence-corrected chi connectivity index (χ1v) is 12.8. The Morgan fingerprint density at radius 3 is 2.29 bits per heavy atom. The topological polar surface area (TPSA) is 35.5 Å². The molecule has 1 saturated carbocycles. The molecular weight excluding hydrogens is 384 g/mol. The van der Waals surface area contributed by atoms with Gasteiger partial charge in [0.1, 0.15) is 11.4 Å². The minimum Gasteiger partial charge on any atom is -0.482 e. The van der Waals surface area contributed by atoms with Gasteiger partial charge in [0.25, 0.3) is 0 Å². The molecule has 0 radical (unpaired) electrons. The zero-order valence-corrected chi connectivity index (χ0v) is 21.4. The first-order chi connectivity index (χ1) is 14.6. The van der Waals surface area contributed by atoms with E-state index in [0.29, 0.717) is 22.7 Å². The van der Waals surface area contributed by atoms with Gasteiger partial charge in [0.05, 0.1) is 0 Å². The Morgan fingerprint density at radius 1 is 1.10 bits per heavy atom. The molecule has 0 bridgehead atoms. The first-order valence-electron chi connectivity index (χ1n) is 12.8. The maximum absolute atomic E-state index is 12.5. The summed E-state index contributed by atoms with van der Waals surface area (Å²) >= 11 is 0. The summed E-state index contributed by atoms with van der Waals surface area (Å²) in [5.74, 6) is 1.73. The van der Waals surface area contributed by atoms with E-state index in [1.807, 2.05) is 0 Å². The van der Waals surface area contributed by atoms with Gasteiger partial charge in [-0.15, -0.1) is 0 Å². The van der Waals surface area contributed by atoms with E-state index in [1.54, 1.807) is 0 Å². The molecule has 0 amide bonds. The fourth-order valence-electron chi connectivity index (χ4n) is 5.17. The molecule has 0 aromatic carbocycles. The molecule has 0 aromatic heterocycles. The third-order valence-electron chi connectivity index (χ3n) is 8.36. The summed E-state index contributed by atoms with van der Waals surface area (Å²) in [5.41, 5.74) is 0.390. The average Bonchev–Trinajstić information content (AvgIpc) is 2.77. The van der Waals surface area contributed by atoms with E-state index in [2.05, 4.69) is 66.7 Å². The number of allylic oxidation sites excluding steroid dienone is 3. The van der Waals surface area contributed by atoms with Crippen LogP contribution in [0.1, 0.15) is 113 Å². The van der Waals surface area contributed by atoms with Gasteiger partial charge in [-0.1, -0.05) is 73.8 Å². The third kappa shape index (κ3) is 7.39. The van der Waals surface area contributed by atoms with Gasteiger partial charge >= 0.3 is 5.97 Å². The van der Waals surface area contributed by atoms with Crippen LogP contribution in [0, 0.1) is 22.7 Å². The summed E-state index contributed by atoms with van der Waals surface area (Å²) in [6.07, 6.45) is 17.6. The highest BCUT2D eigenvalue weighted by Crippen LogP contribution is 2.46. The van der Waals surface area contributed by atoms with E-state index < -0.39 is 0 Å². The van der Waals surface area contributed by atoms with E-state index >= 15 is 0 Å². The summed E-state index contributed by atoms with van der Waals surface area (Å²) in [6.45, 7) is 16.4. The van der Waals surface area contributed by atoms with Gasteiger partial charge in [-0.2, -0.15) is 0 Å². The summed E-state index contributed by atoms with van der Waals surface area (Å²) in [5, 5.41) is 0. The lowest BCUT2D eigenvalue weighted by molar-refractivity contribution is -0.167. The predicted molar refractivity (Wildman–Crippen MR) is 130 cm³/mol. The maximum Gasteiger partial charge on any atom is 0.344 e. The Bertz CT molecular complexity index is 635. The van der Waals surface area contributed by atoms with Crippen molar-refractivity contribution >= 4 is 5.97 Å². The molecule has 31 heavy (non-hydrogen) atoms. The number of ether oxygens (including phenoxy) is 2. The Balaban J connectivity index is 1.92. The van der Waals surface area contributed by atoms with Gasteiger partial charge in [0.15, 0.2) is 6.61 Å². The van der Waals surface area contributed by atoms with Crippen LogP contribution in [-0.4, -0.2) is 18.2 Å². The molecule has 2 aliphatic rings. The molecule has 3 heteroatoms. The SMILES string of the molecule is CCC(C)(C)CC(C1C=CC(OCC(=O)OC2(CC)CCCCC2)=CC1)C(C)(C)CC. The minimum atomic E-state index is -0.258. The monoisotopic (exact) mass is 432 g/mol. The summed E-state index contributed by atoms with van der Waals surface area (Å²) in [7, 11) is 0. The van der Waals surface area contributed by atoms with Crippen LogP contribution >= 0.6 is 0 Å². The molecule has 0 heterocycles. The van der Waals surface area contributed by atoms with Crippen LogP contribution in [0.5, 0.6) is 0 Å². The zero-order valence-electron chi connectivity index (χ0n) is 21.4. The number of carbonyl (C=O) groups excluding carboxylic acids is 1. The van der Waals surface area contributed by atoms with Crippen LogP contribution in [-0.2, 0) is 14.3 Å². The van der Waals surface area contributed by atoms with Gasteiger partial charge < -0.3 is 9.47 Å². The number of hydrogen-bond acceptors (Lipinski definition) is 3. The van der Waals surface area contributed by atoms with Gasteiger partial charge in [0.2, 0.25) is 0 Å². The molecule has 2 rings (SSSR count). The molecule has 2 unspecified atom stereocenters. The summed E-state index contributed by atoms with van der Waals surface area (Å²) in [4.78, 5) is 12.5. The van der Waals surface area contributed by atoms with Crippen LogP contribution < -0.4 is 0 Å². The highest BCUT2D eigenvalue weighted by molar-refractivity contribution is 5.71. The van der Waals surface area contributed by atoms with Crippen molar-refractivity contribution in [2.45, 2.75) is 118 Å². The van der Waals surface area contributed by atoms with Crippen LogP contribution in [0.2, 0.25) is 0 Å². The van der Waals surface area contributed by atoms with Crippen molar-refractivity contribution in [1.29, 1.82) is 0 Å². The molecule has 1 fully saturated rings. The van der Waals surface area contributed by atoms with E-state index in [9.17, 15) is 4.79 Å². The Labute approximate surface area is 192 Å². The molecule has 0 aliphatic heterocycles. The predicted octanol–water partition coefficient (Wildman–Crippen LogP) is 8.00. The standard InChI is InChI=1S/C28H48O3/c1-8-26(4,5)20-24(27(6,7)9-2)22-14-16-23(17-15-22)30-21-25(29)31-28(10-3)18-12-11-13-19-28/h14,16-17,22,24H,8-13,15,18-21H2,1-7H3. The van der Waals surface area contributed by atoms with Crippen molar-refractivity contribution in [1.82, 2.24) is 0 Å². The highest BCUT2D eigenvalue weighted by Gasteiger charge is 2.37. The number of hydrogen-bond donors (Lipinski definition) is 0. The molecule has 2 atom stereocenters. The first kappa shape index (κ1) is 26.0. The lowest BCUT2D eigenvalue weighted by Crippen LogP contribution is -2.37. The van der Waals surface area contributed by atoms with E-state index in [4.69, 9.17) is 9.47 Å². The Hall–Kier alpha value is -1.25. The van der Waals surface area contributed by atoms with Crippen LogP contribution in [0.3, 0.4) is 0 Å². The third-order valence-corrected chi connectivity index (χ3v) is 8.36. The fourth-order valence-corrected chi connectivity index (χ4v) is 5.17. The van der Waals surface area contributed by atoms with E-state index in [1.165, 1.54) is 25.7 Å². The molecule has 0 N–H and O–H groups in total. The molecule has 0 saturated heterocycles. The van der Waals surface area contributed by atoms with Crippen molar-refractivity contribution in [3.05, 3.63) is 24.0 Å². The molecule has 0 aromatic rings. The van der Waals surface area contributed by atoms with Gasteiger partial charge in [-0.05, 0) is 79.8 Å². The van der Waals surface area contributed by atoms with Gasteiger partial charge in [-0.3, -0.25) is 0 Å². The summed E-state index contributed by atoms with van der Waals surface area (Å²) in [6, 6.07) is 0. The Kier molecular flexibility index (Phi) is 9.27. The van der Waals surface area contributed by atoms with Crippen molar-refractivity contribution in [3.8, 4) is 0 Å². The zero-order chi connectivity index (χ0) is 23.1. The second-order valence-corrected chi connectivity index (χ2v) is 11.4. The fraction of sp³-hybridized carbons (Fsp3) is 0.821. The summed E-state index contributed by atoms with van der Waals surface area (Å²) < 4.78 is 11.7.